The molecule has 0 aliphatic carbocycles. The molecule has 0 atom stereocenters. The number of unbranched alkanes of at least 4 members (excludes halogenated alkanes) is 7. The zero-order valence-electron chi connectivity index (χ0n) is 13.1. The number of para-hydroxylation sites is 1. The van der Waals surface area contributed by atoms with Crippen LogP contribution in [0.5, 0.6) is 5.75 Å². The third kappa shape index (κ3) is 6.18. The minimum Gasteiger partial charge on any atom is -0.495 e. The molecular weight excluding hydrogens is 248 g/mol. The van der Waals surface area contributed by atoms with Crippen molar-refractivity contribution in [2.75, 3.05) is 24.7 Å². The lowest BCUT2D eigenvalue weighted by molar-refractivity contribution is 0.417. The lowest BCUT2D eigenvalue weighted by atomic mass is 10.1. The topological polar surface area (TPSA) is 47.3 Å². The van der Waals surface area contributed by atoms with Gasteiger partial charge in [0.15, 0.2) is 0 Å². The van der Waals surface area contributed by atoms with E-state index in [4.69, 9.17) is 10.5 Å². The van der Waals surface area contributed by atoms with E-state index >= 15 is 0 Å². The van der Waals surface area contributed by atoms with Crippen molar-refractivity contribution in [3.05, 3.63) is 18.2 Å². The van der Waals surface area contributed by atoms with Gasteiger partial charge in [0.05, 0.1) is 18.5 Å². The molecule has 0 heterocycles. The Morgan fingerprint density at radius 1 is 1.00 bits per heavy atom. The lowest BCUT2D eigenvalue weighted by Crippen LogP contribution is -2.05. The van der Waals surface area contributed by atoms with E-state index < -0.39 is 0 Å². The molecule has 0 bridgehead atoms. The molecule has 0 saturated heterocycles. The first-order valence-electron chi connectivity index (χ1n) is 7.96. The van der Waals surface area contributed by atoms with Gasteiger partial charge in [0.25, 0.3) is 0 Å². The largest absolute Gasteiger partial charge is 0.495 e. The second kappa shape index (κ2) is 10.4. The van der Waals surface area contributed by atoms with Crippen molar-refractivity contribution >= 4 is 11.4 Å². The summed E-state index contributed by atoms with van der Waals surface area (Å²) in [5.41, 5.74) is 7.70. The van der Waals surface area contributed by atoms with Crippen molar-refractivity contribution in [3.8, 4) is 5.75 Å². The van der Waals surface area contributed by atoms with Gasteiger partial charge in [-0.15, -0.1) is 0 Å². The molecule has 0 unspecified atom stereocenters. The number of benzene rings is 1. The van der Waals surface area contributed by atoms with Gasteiger partial charge in [-0.25, -0.2) is 0 Å². The second-order valence-electron chi connectivity index (χ2n) is 5.32. The molecule has 0 saturated carbocycles. The van der Waals surface area contributed by atoms with E-state index in [0.717, 1.165) is 18.0 Å². The lowest BCUT2D eigenvalue weighted by Gasteiger charge is -2.12. The maximum absolute atomic E-state index is 6.02. The van der Waals surface area contributed by atoms with Crippen LogP contribution < -0.4 is 15.8 Å². The van der Waals surface area contributed by atoms with Crippen LogP contribution >= 0.6 is 0 Å². The Morgan fingerprint density at radius 3 is 2.30 bits per heavy atom. The number of nitrogen functional groups attached to an aromatic ring is 1. The zero-order chi connectivity index (χ0) is 14.6. The number of anilines is 2. The van der Waals surface area contributed by atoms with Gasteiger partial charge in [-0.2, -0.15) is 0 Å². The fraction of sp³-hybridized carbons (Fsp3) is 0.647. The Bertz CT molecular complexity index is 366. The number of nitrogens with two attached hydrogens (primary N) is 1. The highest BCUT2D eigenvalue weighted by Crippen LogP contribution is 2.28. The summed E-state index contributed by atoms with van der Waals surface area (Å²) in [6, 6.07) is 5.85. The van der Waals surface area contributed by atoms with E-state index in [0.29, 0.717) is 5.69 Å². The molecule has 1 aromatic carbocycles. The van der Waals surface area contributed by atoms with E-state index in [1.165, 1.54) is 51.4 Å². The smallest absolute Gasteiger partial charge is 0.143 e. The third-order valence-corrected chi connectivity index (χ3v) is 3.63. The summed E-state index contributed by atoms with van der Waals surface area (Å²) in [5, 5.41) is 3.39. The molecule has 1 rings (SSSR count). The van der Waals surface area contributed by atoms with Crippen LogP contribution in [-0.4, -0.2) is 13.7 Å². The average molecular weight is 278 g/mol. The normalized spacial score (nSPS) is 10.5. The van der Waals surface area contributed by atoms with E-state index in [1.54, 1.807) is 7.11 Å². The molecule has 1 aromatic rings. The molecule has 0 amide bonds. The van der Waals surface area contributed by atoms with Crippen LogP contribution in [0.25, 0.3) is 0 Å². The van der Waals surface area contributed by atoms with Gasteiger partial charge in [0.1, 0.15) is 5.75 Å². The van der Waals surface area contributed by atoms with Crippen LogP contribution in [0.1, 0.15) is 58.3 Å². The highest BCUT2D eigenvalue weighted by molar-refractivity contribution is 5.72. The number of hydrogen-bond acceptors (Lipinski definition) is 3. The van der Waals surface area contributed by atoms with Crippen molar-refractivity contribution in [2.45, 2.75) is 58.3 Å². The maximum atomic E-state index is 6.02. The molecule has 0 aliphatic rings. The highest BCUT2D eigenvalue weighted by atomic mass is 16.5. The van der Waals surface area contributed by atoms with Crippen LogP contribution in [0.4, 0.5) is 11.4 Å². The molecule has 20 heavy (non-hydrogen) atoms. The fourth-order valence-electron chi connectivity index (χ4n) is 2.36. The Labute approximate surface area is 123 Å². The summed E-state index contributed by atoms with van der Waals surface area (Å²) < 4.78 is 5.21. The summed E-state index contributed by atoms with van der Waals surface area (Å²) in [4.78, 5) is 0. The molecule has 0 fully saturated rings. The first-order valence-corrected chi connectivity index (χ1v) is 7.96. The minimum absolute atomic E-state index is 0.703. The first-order chi connectivity index (χ1) is 9.79. The van der Waals surface area contributed by atoms with Crippen LogP contribution in [0.15, 0.2) is 18.2 Å². The quantitative estimate of drug-likeness (QED) is 0.450. The van der Waals surface area contributed by atoms with Crippen molar-refractivity contribution in [3.63, 3.8) is 0 Å². The number of nitrogens with one attached hydrogen (secondary N) is 1. The second-order valence-corrected chi connectivity index (χ2v) is 5.32. The standard InChI is InChI=1S/C17H30N2O/c1-3-4-5-6-7-8-9-10-14-19-15-12-11-13-16(20-2)17(15)18/h11-13,19H,3-10,14,18H2,1-2H3. The van der Waals surface area contributed by atoms with E-state index in [1.807, 2.05) is 18.2 Å². The Balaban J connectivity index is 2.09. The van der Waals surface area contributed by atoms with Crippen molar-refractivity contribution < 1.29 is 4.74 Å². The van der Waals surface area contributed by atoms with Gasteiger partial charge in [-0.3, -0.25) is 0 Å². The fourth-order valence-corrected chi connectivity index (χ4v) is 2.36. The predicted molar refractivity (Wildman–Crippen MR) is 88.5 cm³/mol. The first kappa shape index (κ1) is 16.7. The van der Waals surface area contributed by atoms with Crippen molar-refractivity contribution in [1.29, 1.82) is 0 Å². The molecule has 114 valence electrons. The van der Waals surface area contributed by atoms with Crippen LogP contribution in [0.2, 0.25) is 0 Å². The van der Waals surface area contributed by atoms with Gasteiger partial charge in [-0.05, 0) is 18.6 Å². The molecule has 0 aliphatic heterocycles. The van der Waals surface area contributed by atoms with Crippen LogP contribution in [0, 0.1) is 0 Å². The molecule has 0 radical (unpaired) electrons. The van der Waals surface area contributed by atoms with E-state index in [9.17, 15) is 0 Å². The van der Waals surface area contributed by atoms with Gasteiger partial charge >= 0.3 is 0 Å². The predicted octanol–water partition coefficient (Wildman–Crippen LogP) is 4.83. The maximum Gasteiger partial charge on any atom is 0.143 e. The van der Waals surface area contributed by atoms with Gasteiger partial charge in [0, 0.05) is 6.54 Å². The highest BCUT2D eigenvalue weighted by Gasteiger charge is 2.03. The Hall–Kier alpha value is -1.38. The minimum atomic E-state index is 0.703. The number of rotatable bonds is 11. The molecule has 0 spiro atoms. The Kier molecular flexibility index (Phi) is 8.68. The zero-order valence-corrected chi connectivity index (χ0v) is 13.1. The number of hydrogen-bond donors (Lipinski definition) is 2. The van der Waals surface area contributed by atoms with Crippen molar-refractivity contribution in [2.24, 2.45) is 0 Å². The third-order valence-electron chi connectivity index (χ3n) is 3.63. The molecule has 3 N–H and O–H groups in total. The molecule has 3 nitrogen and oxygen atoms in total. The average Bonchev–Trinajstić information content (AvgIpc) is 2.47. The summed E-state index contributed by atoms with van der Waals surface area (Å²) in [6.07, 6.45) is 10.7. The van der Waals surface area contributed by atoms with Crippen LogP contribution in [-0.2, 0) is 0 Å². The van der Waals surface area contributed by atoms with E-state index in [2.05, 4.69) is 12.2 Å². The summed E-state index contributed by atoms with van der Waals surface area (Å²) in [5.74, 6) is 0.742. The molecule has 0 aromatic heterocycles. The van der Waals surface area contributed by atoms with Crippen LogP contribution in [0.3, 0.4) is 0 Å². The SMILES string of the molecule is CCCCCCCCCCNc1cccc(OC)c1N. The van der Waals surface area contributed by atoms with E-state index in [-0.39, 0.29) is 0 Å². The van der Waals surface area contributed by atoms with Gasteiger partial charge in [0.2, 0.25) is 0 Å². The molecular formula is C17H30N2O. The van der Waals surface area contributed by atoms with Gasteiger partial charge < -0.3 is 15.8 Å². The molecule has 3 heteroatoms. The van der Waals surface area contributed by atoms with Crippen molar-refractivity contribution in [1.82, 2.24) is 0 Å². The Morgan fingerprint density at radius 2 is 1.65 bits per heavy atom. The summed E-state index contributed by atoms with van der Waals surface area (Å²) in [7, 11) is 1.65. The number of ether oxygens (including phenoxy) is 1. The summed E-state index contributed by atoms with van der Waals surface area (Å²) >= 11 is 0. The van der Waals surface area contributed by atoms with Gasteiger partial charge in [-0.1, -0.05) is 57.9 Å². The number of methoxy groups -OCH3 is 1. The summed E-state index contributed by atoms with van der Waals surface area (Å²) in [6.45, 7) is 3.24. The monoisotopic (exact) mass is 278 g/mol.